The van der Waals surface area contributed by atoms with Crippen LogP contribution >= 0.6 is 0 Å². The van der Waals surface area contributed by atoms with Crippen molar-refractivity contribution < 1.29 is 29.1 Å². The van der Waals surface area contributed by atoms with Crippen LogP contribution in [0.25, 0.3) is 0 Å². The second-order valence-electron chi connectivity index (χ2n) is 8.94. The first-order chi connectivity index (χ1) is 17.5. The van der Waals surface area contributed by atoms with E-state index in [1.165, 1.54) is 12.5 Å². The number of amides is 4. The number of nitrogens with one attached hydrogen (secondary N) is 4. The largest absolute Gasteiger partial charge is 0.480 e. The zero-order chi connectivity index (χ0) is 27.5. The number of nitrogens with two attached hydrogens (primary N) is 2. The maximum absolute atomic E-state index is 13.3. The van der Waals surface area contributed by atoms with E-state index in [9.17, 15) is 29.1 Å². The molecule has 4 atom stereocenters. The second-order valence-corrected chi connectivity index (χ2v) is 8.94. The van der Waals surface area contributed by atoms with Crippen LogP contribution in [0.3, 0.4) is 0 Å². The number of aromatic amines is 1. The average Bonchev–Trinajstić information content (AvgIpc) is 3.34. The summed E-state index contributed by atoms with van der Waals surface area (Å²) in [4.78, 5) is 68.5. The zero-order valence-electron chi connectivity index (χ0n) is 20.6. The molecule has 0 bridgehead atoms. The van der Waals surface area contributed by atoms with Gasteiger partial charge in [-0.2, -0.15) is 0 Å². The Balaban J connectivity index is 2.27. The number of hydrogen-bond acceptors (Lipinski definition) is 7. The number of aromatic nitrogens is 2. The Bertz CT molecular complexity index is 1070. The summed E-state index contributed by atoms with van der Waals surface area (Å²) < 4.78 is 0. The highest BCUT2D eigenvalue weighted by molar-refractivity contribution is 5.95. The molecule has 0 aliphatic carbocycles. The first-order valence-electron chi connectivity index (χ1n) is 11.7. The van der Waals surface area contributed by atoms with Gasteiger partial charge in [0.15, 0.2) is 0 Å². The number of carboxylic acids is 1. The fourth-order valence-electron chi connectivity index (χ4n) is 3.51. The molecule has 2 rings (SSSR count). The van der Waals surface area contributed by atoms with Gasteiger partial charge in [0.05, 0.1) is 18.8 Å². The third-order valence-electron chi connectivity index (χ3n) is 5.52. The molecule has 0 fully saturated rings. The number of hydrogen-bond donors (Lipinski definition) is 7. The fraction of sp³-hybridized carbons (Fsp3) is 0.417. The van der Waals surface area contributed by atoms with Gasteiger partial charge in [-0.05, 0) is 11.5 Å². The molecule has 37 heavy (non-hydrogen) atoms. The Morgan fingerprint density at radius 3 is 2.08 bits per heavy atom. The molecule has 13 heteroatoms. The summed E-state index contributed by atoms with van der Waals surface area (Å²) in [5.74, 6) is -4.60. The third-order valence-corrected chi connectivity index (χ3v) is 5.52. The number of carbonyl (C=O) groups is 5. The van der Waals surface area contributed by atoms with Crippen molar-refractivity contribution in [3.63, 3.8) is 0 Å². The molecule has 0 spiro atoms. The zero-order valence-corrected chi connectivity index (χ0v) is 20.6. The molecular weight excluding hydrogens is 482 g/mol. The Morgan fingerprint density at radius 1 is 0.946 bits per heavy atom. The number of aliphatic carboxylic acids is 1. The molecule has 0 saturated carbocycles. The van der Waals surface area contributed by atoms with Crippen LogP contribution in [0, 0.1) is 5.92 Å². The maximum atomic E-state index is 13.3. The van der Waals surface area contributed by atoms with E-state index in [0.29, 0.717) is 5.69 Å². The van der Waals surface area contributed by atoms with Gasteiger partial charge in [0.25, 0.3) is 0 Å². The minimum atomic E-state index is -1.28. The van der Waals surface area contributed by atoms with Crippen LogP contribution in [0.5, 0.6) is 0 Å². The Labute approximate surface area is 213 Å². The average molecular weight is 516 g/mol. The molecule has 13 nitrogen and oxygen atoms in total. The molecule has 4 amide bonds. The van der Waals surface area contributed by atoms with Gasteiger partial charge in [0, 0.05) is 24.7 Å². The lowest BCUT2D eigenvalue weighted by Crippen LogP contribution is -2.58. The second kappa shape index (κ2) is 13.7. The highest BCUT2D eigenvalue weighted by Crippen LogP contribution is 2.08. The summed E-state index contributed by atoms with van der Waals surface area (Å²) in [6.45, 7) is 3.30. The number of carboxylic acid groups (broad SMARTS) is 1. The van der Waals surface area contributed by atoms with Crippen molar-refractivity contribution in [1.29, 1.82) is 0 Å². The Hall–Kier alpha value is -4.26. The van der Waals surface area contributed by atoms with Crippen LogP contribution in [0.4, 0.5) is 0 Å². The van der Waals surface area contributed by atoms with Gasteiger partial charge in [-0.1, -0.05) is 44.2 Å². The topological polar surface area (TPSA) is 222 Å². The summed E-state index contributed by atoms with van der Waals surface area (Å²) in [5.41, 5.74) is 12.1. The molecule has 0 radical (unpaired) electrons. The van der Waals surface area contributed by atoms with Crippen molar-refractivity contribution >= 4 is 29.6 Å². The summed E-state index contributed by atoms with van der Waals surface area (Å²) >= 11 is 0. The van der Waals surface area contributed by atoms with E-state index in [1.807, 2.05) is 0 Å². The molecule has 0 saturated heterocycles. The van der Waals surface area contributed by atoms with Gasteiger partial charge < -0.3 is 37.5 Å². The summed E-state index contributed by atoms with van der Waals surface area (Å²) in [6, 6.07) is 4.04. The van der Waals surface area contributed by atoms with Gasteiger partial charge >= 0.3 is 5.97 Å². The minimum absolute atomic E-state index is 0.0235. The van der Waals surface area contributed by atoms with Gasteiger partial charge in [0.1, 0.15) is 18.1 Å². The summed E-state index contributed by atoms with van der Waals surface area (Å²) in [7, 11) is 0. The first-order valence-corrected chi connectivity index (χ1v) is 11.7. The minimum Gasteiger partial charge on any atom is -0.480 e. The van der Waals surface area contributed by atoms with E-state index in [0.717, 1.165) is 5.56 Å². The van der Waals surface area contributed by atoms with Crippen molar-refractivity contribution in [1.82, 2.24) is 25.9 Å². The quantitative estimate of drug-likeness (QED) is 0.158. The fourth-order valence-corrected chi connectivity index (χ4v) is 3.51. The lowest BCUT2D eigenvalue weighted by atomic mass is 10.0. The highest BCUT2D eigenvalue weighted by Gasteiger charge is 2.32. The van der Waals surface area contributed by atoms with Crippen LogP contribution in [0.1, 0.15) is 31.5 Å². The monoisotopic (exact) mass is 515 g/mol. The van der Waals surface area contributed by atoms with Crippen LogP contribution in [-0.4, -0.2) is 68.8 Å². The standard InChI is InChI=1S/C24H33N7O6/c1-13(2)20(24(36)37)31-23(35)17(8-14-6-4-3-5-7-14)30-22(34)18(9-15-11-27-12-28-15)29-21(33)16(25)10-19(26)32/h3-7,11-13,16-18,20H,8-10,25H2,1-2H3,(H2,26,32)(H,27,28)(H,29,33)(H,30,34)(H,31,35)(H,36,37). The predicted octanol–water partition coefficient (Wildman–Crippen LogP) is -1.41. The SMILES string of the molecule is CC(C)C(NC(=O)C(Cc1ccccc1)NC(=O)C(Cc1cnc[nH]1)NC(=O)C(N)CC(N)=O)C(=O)O. The molecule has 1 aromatic carbocycles. The normalized spacial score (nSPS) is 14.2. The van der Waals surface area contributed by atoms with Crippen LogP contribution < -0.4 is 27.4 Å². The van der Waals surface area contributed by atoms with Crippen molar-refractivity contribution in [2.24, 2.45) is 17.4 Å². The van der Waals surface area contributed by atoms with Gasteiger partial charge in [-0.25, -0.2) is 9.78 Å². The van der Waals surface area contributed by atoms with E-state index in [2.05, 4.69) is 25.9 Å². The molecule has 9 N–H and O–H groups in total. The number of rotatable bonds is 14. The Kier molecular flexibility index (Phi) is 10.8. The highest BCUT2D eigenvalue weighted by atomic mass is 16.4. The van der Waals surface area contributed by atoms with Crippen LogP contribution in [0.15, 0.2) is 42.9 Å². The lowest BCUT2D eigenvalue weighted by molar-refractivity contribution is -0.143. The molecule has 200 valence electrons. The third kappa shape index (κ3) is 9.37. The van der Waals surface area contributed by atoms with Crippen molar-refractivity contribution in [3.8, 4) is 0 Å². The first kappa shape index (κ1) is 29.0. The Morgan fingerprint density at radius 2 is 1.54 bits per heavy atom. The van der Waals surface area contributed by atoms with Gasteiger partial charge in [-0.15, -0.1) is 0 Å². The number of primary amides is 1. The number of carbonyl (C=O) groups excluding carboxylic acids is 4. The summed E-state index contributed by atoms with van der Waals surface area (Å²) in [5, 5.41) is 17.1. The molecule has 1 aromatic heterocycles. The molecule has 1 heterocycles. The van der Waals surface area contributed by atoms with Crippen molar-refractivity contribution in [3.05, 3.63) is 54.1 Å². The number of imidazole rings is 1. The molecule has 2 aromatic rings. The molecular formula is C24H33N7O6. The van der Waals surface area contributed by atoms with E-state index in [-0.39, 0.29) is 12.8 Å². The molecule has 0 aliphatic rings. The number of H-pyrrole nitrogens is 1. The predicted molar refractivity (Wildman–Crippen MR) is 132 cm³/mol. The van der Waals surface area contributed by atoms with Gasteiger partial charge in [0.2, 0.25) is 23.6 Å². The number of benzene rings is 1. The molecule has 4 unspecified atom stereocenters. The van der Waals surface area contributed by atoms with E-state index < -0.39 is 66.1 Å². The van der Waals surface area contributed by atoms with Gasteiger partial charge in [-0.3, -0.25) is 19.2 Å². The van der Waals surface area contributed by atoms with Crippen LogP contribution in [0.2, 0.25) is 0 Å². The van der Waals surface area contributed by atoms with Crippen LogP contribution in [-0.2, 0) is 36.8 Å². The molecule has 0 aliphatic heterocycles. The van der Waals surface area contributed by atoms with E-state index in [4.69, 9.17) is 11.5 Å². The van der Waals surface area contributed by atoms with Crippen molar-refractivity contribution in [2.75, 3.05) is 0 Å². The maximum Gasteiger partial charge on any atom is 0.326 e. The lowest BCUT2D eigenvalue weighted by Gasteiger charge is -2.26. The smallest absolute Gasteiger partial charge is 0.326 e. The van der Waals surface area contributed by atoms with E-state index in [1.54, 1.807) is 44.2 Å². The van der Waals surface area contributed by atoms with Crippen molar-refractivity contribution in [2.45, 2.75) is 57.3 Å². The number of nitrogens with zero attached hydrogens (tertiary/aromatic N) is 1. The van der Waals surface area contributed by atoms with E-state index >= 15 is 0 Å². The summed E-state index contributed by atoms with van der Waals surface area (Å²) in [6.07, 6.45) is 2.48.